The van der Waals surface area contributed by atoms with Gasteiger partial charge in [-0.2, -0.15) is 17.6 Å². The van der Waals surface area contributed by atoms with Gasteiger partial charge in [-0.15, -0.1) is 0 Å². The van der Waals surface area contributed by atoms with E-state index in [1.165, 1.54) is 12.1 Å². The molecule has 0 spiro atoms. The first-order chi connectivity index (χ1) is 10.5. The number of aryl methyl sites for hydroxylation is 1. The summed E-state index contributed by atoms with van der Waals surface area (Å²) >= 11 is 0. The van der Waals surface area contributed by atoms with Crippen LogP contribution in [0.5, 0.6) is 0 Å². The molecule has 0 bridgehead atoms. The molecule has 0 saturated carbocycles. The fraction of sp³-hybridized carbons (Fsp3) is 0.231. The second-order valence-corrected chi connectivity index (χ2v) is 6.76. The normalized spacial score (nSPS) is 13.8. The summed E-state index contributed by atoms with van der Waals surface area (Å²) in [5, 5.41) is -2.65. The van der Waals surface area contributed by atoms with E-state index in [0.717, 1.165) is 12.1 Å². The van der Waals surface area contributed by atoms with Crippen molar-refractivity contribution < 1.29 is 30.8 Å². The molecule has 0 saturated heterocycles. The standard InChI is InChI=1S/C13H10F4N2O3S/c1-7-2-4-8(5-3-7)23(21,22)10(11(20)13(15,16)17)9-6-18-12(14)19-9/h2-6,10H,1H3,(H,18,19). The Morgan fingerprint density at radius 2 is 1.78 bits per heavy atom. The molecule has 0 radical (unpaired) electrons. The fourth-order valence-electron chi connectivity index (χ4n) is 1.91. The zero-order valence-electron chi connectivity index (χ0n) is 11.6. The van der Waals surface area contributed by atoms with Crippen molar-refractivity contribution in [1.82, 2.24) is 9.97 Å². The number of H-pyrrole nitrogens is 1. The molecule has 1 aromatic carbocycles. The number of alkyl halides is 3. The van der Waals surface area contributed by atoms with Crippen LogP contribution in [0.15, 0.2) is 35.4 Å². The van der Waals surface area contributed by atoms with Crippen molar-refractivity contribution in [2.75, 3.05) is 0 Å². The monoisotopic (exact) mass is 350 g/mol. The number of carbonyl (C=O) groups is 1. The highest BCUT2D eigenvalue weighted by Crippen LogP contribution is 2.34. The molecule has 2 aromatic rings. The van der Waals surface area contributed by atoms with Gasteiger partial charge in [0, 0.05) is 0 Å². The van der Waals surface area contributed by atoms with Gasteiger partial charge in [-0.3, -0.25) is 4.79 Å². The molecule has 0 amide bonds. The van der Waals surface area contributed by atoms with Gasteiger partial charge in [0.15, 0.2) is 15.1 Å². The number of rotatable bonds is 4. The van der Waals surface area contributed by atoms with Crippen LogP contribution < -0.4 is 0 Å². The first-order valence-corrected chi connectivity index (χ1v) is 7.70. The van der Waals surface area contributed by atoms with Crippen LogP contribution in [0.25, 0.3) is 0 Å². The maximum Gasteiger partial charge on any atom is 0.451 e. The van der Waals surface area contributed by atoms with Gasteiger partial charge in [0.2, 0.25) is 0 Å². The Labute approximate surface area is 128 Å². The van der Waals surface area contributed by atoms with Gasteiger partial charge < -0.3 is 4.98 Å². The molecule has 10 heteroatoms. The smallest absolute Gasteiger partial charge is 0.316 e. The van der Waals surface area contributed by atoms with E-state index >= 15 is 0 Å². The third-order valence-electron chi connectivity index (χ3n) is 3.02. The molecule has 1 aromatic heterocycles. The minimum Gasteiger partial charge on any atom is -0.316 e. The van der Waals surface area contributed by atoms with E-state index in [-0.39, 0.29) is 0 Å². The van der Waals surface area contributed by atoms with Crippen LogP contribution in [0.1, 0.15) is 16.5 Å². The lowest BCUT2D eigenvalue weighted by atomic mass is 10.2. The molecule has 0 aliphatic rings. The summed E-state index contributed by atoms with van der Waals surface area (Å²) in [6.07, 6.45) is -6.15. The Morgan fingerprint density at radius 1 is 1.22 bits per heavy atom. The van der Waals surface area contributed by atoms with Crippen LogP contribution >= 0.6 is 0 Å². The molecule has 1 N–H and O–H groups in total. The molecule has 0 aliphatic heterocycles. The van der Waals surface area contributed by atoms with Crippen LogP contribution in [-0.4, -0.2) is 30.3 Å². The van der Waals surface area contributed by atoms with E-state index < -0.39 is 43.7 Å². The predicted octanol–water partition coefficient (Wildman–Crippen LogP) is 2.50. The number of benzene rings is 1. The summed E-state index contributed by atoms with van der Waals surface area (Å²) < 4.78 is 76.1. The average molecular weight is 350 g/mol. The molecule has 5 nitrogen and oxygen atoms in total. The first kappa shape index (κ1) is 17.1. The molecule has 1 heterocycles. The zero-order chi connectivity index (χ0) is 17.4. The van der Waals surface area contributed by atoms with Gasteiger partial charge in [0.05, 0.1) is 16.8 Å². The predicted molar refractivity (Wildman–Crippen MR) is 70.7 cm³/mol. The highest BCUT2D eigenvalue weighted by atomic mass is 32.2. The number of carbonyl (C=O) groups excluding carboxylic acids is 1. The third-order valence-corrected chi connectivity index (χ3v) is 5.04. The highest BCUT2D eigenvalue weighted by molar-refractivity contribution is 7.92. The van der Waals surface area contributed by atoms with E-state index in [4.69, 9.17) is 0 Å². The minimum absolute atomic E-state index is 0.485. The second-order valence-electron chi connectivity index (χ2n) is 4.73. The molecule has 23 heavy (non-hydrogen) atoms. The maximum absolute atomic E-state index is 12.9. The number of Topliss-reactive ketones (excluding diaryl/α,β-unsaturated/α-hetero) is 1. The van der Waals surface area contributed by atoms with Crippen molar-refractivity contribution in [1.29, 1.82) is 0 Å². The Bertz CT molecular complexity index is 826. The quantitative estimate of drug-likeness (QED) is 0.859. The number of ketones is 1. The summed E-state index contributed by atoms with van der Waals surface area (Å²) in [6, 6.07) is 4.90. The Morgan fingerprint density at radius 3 is 2.22 bits per heavy atom. The molecule has 124 valence electrons. The molecular formula is C13H10F4N2O3S. The van der Waals surface area contributed by atoms with Gasteiger partial charge in [0.1, 0.15) is 0 Å². The van der Waals surface area contributed by atoms with Crippen molar-refractivity contribution in [3.8, 4) is 0 Å². The van der Waals surface area contributed by atoms with Crippen molar-refractivity contribution >= 4 is 15.6 Å². The van der Waals surface area contributed by atoms with E-state index in [1.54, 1.807) is 11.9 Å². The summed E-state index contributed by atoms with van der Waals surface area (Å²) in [5.74, 6) is -2.53. The summed E-state index contributed by atoms with van der Waals surface area (Å²) in [7, 11) is -4.75. The highest BCUT2D eigenvalue weighted by Gasteiger charge is 2.50. The maximum atomic E-state index is 12.9. The molecule has 1 unspecified atom stereocenters. The lowest BCUT2D eigenvalue weighted by Crippen LogP contribution is -2.34. The fourth-order valence-corrected chi connectivity index (χ4v) is 3.56. The van der Waals surface area contributed by atoms with Crippen LogP contribution in [0, 0.1) is 13.0 Å². The van der Waals surface area contributed by atoms with Crippen LogP contribution in [-0.2, 0) is 14.6 Å². The molecular weight excluding hydrogens is 340 g/mol. The second kappa shape index (κ2) is 5.76. The number of imidazole rings is 1. The molecule has 1 atom stereocenters. The number of nitrogens with zero attached hydrogens (tertiary/aromatic N) is 1. The topological polar surface area (TPSA) is 79.9 Å². The first-order valence-electron chi connectivity index (χ1n) is 6.15. The van der Waals surface area contributed by atoms with E-state index in [9.17, 15) is 30.8 Å². The molecule has 2 rings (SSSR count). The average Bonchev–Trinajstić information content (AvgIpc) is 2.84. The van der Waals surface area contributed by atoms with Crippen LogP contribution in [0.3, 0.4) is 0 Å². The van der Waals surface area contributed by atoms with E-state index in [1.807, 2.05) is 0 Å². The van der Waals surface area contributed by atoms with Crippen LogP contribution in [0.2, 0.25) is 0 Å². The van der Waals surface area contributed by atoms with E-state index in [2.05, 4.69) is 4.98 Å². The van der Waals surface area contributed by atoms with Gasteiger partial charge in [-0.1, -0.05) is 17.7 Å². The summed E-state index contributed by atoms with van der Waals surface area (Å²) in [5.41, 5.74) is -0.111. The van der Waals surface area contributed by atoms with E-state index in [0.29, 0.717) is 11.8 Å². The SMILES string of the molecule is Cc1ccc(S(=O)(=O)C(C(=O)C(F)(F)F)c2cnc(F)[nH]2)cc1. The Hall–Kier alpha value is -2.23. The van der Waals surface area contributed by atoms with Crippen molar-refractivity contribution in [3.63, 3.8) is 0 Å². The van der Waals surface area contributed by atoms with Gasteiger partial charge in [-0.05, 0) is 19.1 Å². The molecule has 0 fully saturated rings. The summed E-state index contributed by atoms with van der Waals surface area (Å²) in [4.78, 5) is 15.9. The number of hydrogen-bond acceptors (Lipinski definition) is 4. The number of aromatic nitrogens is 2. The largest absolute Gasteiger partial charge is 0.451 e. The Kier molecular flexibility index (Phi) is 4.29. The number of aromatic amines is 1. The van der Waals surface area contributed by atoms with Crippen molar-refractivity contribution in [2.45, 2.75) is 23.2 Å². The summed E-state index contributed by atoms with van der Waals surface area (Å²) in [6.45, 7) is 1.65. The molecule has 0 aliphatic carbocycles. The van der Waals surface area contributed by atoms with Crippen LogP contribution in [0.4, 0.5) is 17.6 Å². The van der Waals surface area contributed by atoms with Crippen molar-refractivity contribution in [3.05, 3.63) is 47.8 Å². The van der Waals surface area contributed by atoms with Gasteiger partial charge >= 0.3 is 6.18 Å². The number of hydrogen-bond donors (Lipinski definition) is 1. The zero-order valence-corrected chi connectivity index (χ0v) is 12.4. The third kappa shape index (κ3) is 3.41. The number of halogens is 4. The number of sulfone groups is 1. The van der Waals surface area contributed by atoms with Gasteiger partial charge in [-0.25, -0.2) is 13.4 Å². The van der Waals surface area contributed by atoms with Crippen molar-refractivity contribution in [2.24, 2.45) is 0 Å². The number of nitrogens with one attached hydrogen (secondary N) is 1. The lowest BCUT2D eigenvalue weighted by Gasteiger charge is -2.17. The minimum atomic E-state index is -5.41. The van der Waals surface area contributed by atoms with Gasteiger partial charge in [0.25, 0.3) is 11.9 Å². The lowest BCUT2D eigenvalue weighted by molar-refractivity contribution is -0.170. The Balaban J connectivity index is 2.61.